The molecule has 3 amide bonds. The van der Waals surface area contributed by atoms with Crippen molar-refractivity contribution in [2.75, 3.05) is 13.3 Å². The van der Waals surface area contributed by atoms with Gasteiger partial charge < -0.3 is 63.4 Å². The molecule has 2 aliphatic heterocycles. The van der Waals surface area contributed by atoms with Crippen molar-refractivity contribution in [3.63, 3.8) is 0 Å². The highest BCUT2D eigenvalue weighted by Gasteiger charge is 2.44. The first-order chi connectivity index (χ1) is 47.0. The van der Waals surface area contributed by atoms with Gasteiger partial charge in [-0.15, -0.1) is 0 Å². The summed E-state index contributed by atoms with van der Waals surface area (Å²) in [6.45, 7) is 59.6. The number of carboxylic acids is 2. The number of carbonyl (C=O) groups is 7. The van der Waals surface area contributed by atoms with E-state index in [1.165, 1.54) is 22.3 Å². The van der Waals surface area contributed by atoms with Crippen LogP contribution in [0.5, 0.6) is 0 Å². The number of esters is 2. The number of fused-ring (bicyclic) bond motifs is 3. The monoisotopic (exact) mass is 1480 g/mol. The lowest BCUT2D eigenvalue weighted by atomic mass is 9.93. The Kier molecular flexibility index (Phi) is 37.2. The summed E-state index contributed by atoms with van der Waals surface area (Å²) in [7, 11) is -4.27. The largest absolute Gasteiger partial charge is 0.481 e. The molecule has 2 aromatic rings. The fourth-order valence-corrected chi connectivity index (χ4v) is 14.5. The number of rotatable bonds is 30. The summed E-state index contributed by atoms with van der Waals surface area (Å²) in [6, 6.07) is 16.5. The van der Waals surface area contributed by atoms with E-state index in [2.05, 4.69) is 193 Å². The van der Waals surface area contributed by atoms with Crippen LogP contribution in [0.25, 0.3) is 11.1 Å². The molecule has 0 spiro atoms. The molecule has 0 saturated carbocycles. The SMILES string of the molecule is CC(C)CC(NC(=O)OC(C)(C)C)[C@@H]1CCC(=O)O1.CC(C)CC(NC(=O)OC(C)(C)C)[C@@H]1CCC(=O)O1.CC(C)CC(NC(=O)OC(C)(C)C)[C@H](C[C@@H](C)C(=O)O)O[Si](C)(C)C(C)(C)C.CC(C)CC(NCOCC1c2ccccc2-c2ccccc21)[C@H](C[C@@H](C)C(=O)O)O[Si](C)(C)C(C)(C)C. The minimum absolute atomic E-state index is 0.0130. The van der Waals surface area contributed by atoms with Crippen LogP contribution in [0, 0.1) is 35.5 Å². The zero-order chi connectivity index (χ0) is 79.1. The highest BCUT2D eigenvalue weighted by molar-refractivity contribution is 6.74. The molecule has 2 heterocycles. The molecule has 1 aliphatic carbocycles. The number of ether oxygens (including phenoxy) is 6. The van der Waals surface area contributed by atoms with E-state index in [0.29, 0.717) is 82.0 Å². The zero-order valence-electron chi connectivity index (χ0n) is 68.8. The Bertz CT molecular complexity index is 2860. The Morgan fingerprint density at radius 3 is 1.10 bits per heavy atom. The number of amides is 3. The first kappa shape index (κ1) is 93.5. The third kappa shape index (κ3) is 35.1. The van der Waals surface area contributed by atoms with Crippen LogP contribution >= 0.6 is 0 Å². The van der Waals surface area contributed by atoms with E-state index in [0.717, 1.165) is 19.3 Å². The van der Waals surface area contributed by atoms with Gasteiger partial charge in [-0.05, 0) is 196 Å². The van der Waals surface area contributed by atoms with Crippen molar-refractivity contribution in [2.45, 2.75) is 345 Å². The topological polar surface area (TPSA) is 282 Å². The van der Waals surface area contributed by atoms with E-state index in [1.807, 2.05) is 62.3 Å². The molecule has 23 heteroatoms. The standard InChI is InChI=1S/C31H47NO4Si.C21H43NO5Si.2C14H25NO4/c1-21(2)17-28(29(18-22(3)30(33)34)36-37(7,8)31(4,5)6)32-20-35-19-27-25-15-11-9-13-23(25)24-14-10-12-16-26(24)27;1-14(2)12-16(22-19(25)26-20(4,5)6)17(13-15(3)18(23)24)27-28(10,11)21(7,8)9;2*1-9(2)8-10(11-6-7-12(16)18-11)15-13(17)19-14(3,4)5/h9-16,21-22,27-29,32H,17-20H2,1-8H3,(H,33,34);14-17H,12-13H2,1-11H3,(H,22,25)(H,23,24);2*9-11H,6-8H2,1-5H3,(H,15,17)/t22-,28?,29+;15-,16?,17+;2*10?,11-/m1100/s1. The number of alkyl carbamates (subject to hydrolysis) is 3. The molecule has 590 valence electrons. The lowest BCUT2D eigenvalue weighted by Gasteiger charge is -2.42. The number of carbonyl (C=O) groups excluding carboxylic acids is 5. The summed E-state index contributed by atoms with van der Waals surface area (Å²) in [5.41, 5.74) is 3.56. The van der Waals surface area contributed by atoms with Gasteiger partial charge in [-0.2, -0.15) is 0 Å². The Morgan fingerprint density at radius 1 is 0.476 bits per heavy atom. The van der Waals surface area contributed by atoms with Gasteiger partial charge in [0.1, 0.15) is 29.0 Å². The summed E-state index contributed by atoms with van der Waals surface area (Å²) >= 11 is 0. The molecular formula is C80H140N4O17Si2. The maximum atomic E-state index is 12.4. The van der Waals surface area contributed by atoms with Crippen LogP contribution in [0.15, 0.2) is 48.5 Å². The fraction of sp³-hybridized carbons (Fsp3) is 0.762. The summed E-state index contributed by atoms with van der Waals surface area (Å²) in [4.78, 5) is 81.7. The maximum Gasteiger partial charge on any atom is 0.408 e. The van der Waals surface area contributed by atoms with Crippen molar-refractivity contribution in [2.24, 2.45) is 35.5 Å². The Balaban J connectivity index is 0.000000486. The summed E-state index contributed by atoms with van der Waals surface area (Å²) < 4.78 is 46.2. The van der Waals surface area contributed by atoms with Crippen LogP contribution in [0.1, 0.15) is 254 Å². The number of aliphatic carboxylic acids is 2. The number of nitrogens with one attached hydrogen (secondary N) is 4. The molecule has 0 bridgehead atoms. The second-order valence-corrected chi connectivity index (χ2v) is 45.8. The van der Waals surface area contributed by atoms with Crippen LogP contribution < -0.4 is 21.3 Å². The van der Waals surface area contributed by atoms with E-state index in [9.17, 15) is 43.8 Å². The lowest BCUT2D eigenvalue weighted by Crippen LogP contribution is -2.53. The van der Waals surface area contributed by atoms with E-state index in [1.54, 1.807) is 13.8 Å². The van der Waals surface area contributed by atoms with E-state index < -0.39 is 75.5 Å². The molecular weight excluding hydrogens is 1350 g/mol. The molecule has 2 saturated heterocycles. The molecule has 10 atom stereocenters. The van der Waals surface area contributed by atoms with Crippen molar-refractivity contribution in [3.05, 3.63) is 59.7 Å². The van der Waals surface area contributed by atoms with Gasteiger partial charge in [0.05, 0.1) is 55.5 Å². The zero-order valence-corrected chi connectivity index (χ0v) is 70.8. The molecule has 2 aromatic carbocycles. The maximum absolute atomic E-state index is 12.4. The predicted molar refractivity (Wildman–Crippen MR) is 414 cm³/mol. The van der Waals surface area contributed by atoms with Gasteiger partial charge in [0.15, 0.2) is 16.6 Å². The third-order valence-electron chi connectivity index (χ3n) is 18.8. The van der Waals surface area contributed by atoms with Gasteiger partial charge in [0.2, 0.25) is 0 Å². The van der Waals surface area contributed by atoms with Crippen LogP contribution in [0.3, 0.4) is 0 Å². The molecule has 21 nitrogen and oxygen atoms in total. The average molecular weight is 1490 g/mol. The van der Waals surface area contributed by atoms with Crippen LogP contribution in [0.4, 0.5) is 14.4 Å². The molecule has 2 fully saturated rings. The van der Waals surface area contributed by atoms with Gasteiger partial charge in [0.25, 0.3) is 0 Å². The quantitative estimate of drug-likeness (QED) is 0.0139. The van der Waals surface area contributed by atoms with Crippen molar-refractivity contribution in [3.8, 4) is 11.1 Å². The van der Waals surface area contributed by atoms with Crippen molar-refractivity contribution < 1.29 is 81.0 Å². The summed E-state index contributed by atoms with van der Waals surface area (Å²) in [6.07, 6.45) is 3.64. The predicted octanol–water partition coefficient (Wildman–Crippen LogP) is 18.0. The van der Waals surface area contributed by atoms with Gasteiger partial charge >= 0.3 is 42.2 Å². The summed E-state index contributed by atoms with van der Waals surface area (Å²) in [5, 5.41) is 31.4. The Labute approximate surface area is 622 Å². The smallest absolute Gasteiger partial charge is 0.408 e. The minimum Gasteiger partial charge on any atom is -0.481 e. The minimum atomic E-state index is -2.17. The van der Waals surface area contributed by atoms with Crippen molar-refractivity contribution in [1.29, 1.82) is 0 Å². The normalized spacial score (nSPS) is 18.1. The highest BCUT2D eigenvalue weighted by atomic mass is 28.4. The fourth-order valence-electron chi connectivity index (χ4n) is 11.7. The van der Waals surface area contributed by atoms with Gasteiger partial charge in [0, 0.05) is 24.8 Å². The van der Waals surface area contributed by atoms with Crippen LogP contribution in [-0.4, -0.2) is 148 Å². The number of hydrogen-bond donors (Lipinski definition) is 6. The number of hydrogen-bond acceptors (Lipinski definition) is 16. The Morgan fingerprint density at radius 2 is 0.796 bits per heavy atom. The molecule has 4 unspecified atom stereocenters. The van der Waals surface area contributed by atoms with Crippen LogP contribution in [0.2, 0.25) is 36.3 Å². The molecule has 5 rings (SSSR count). The van der Waals surface area contributed by atoms with Gasteiger partial charge in [-0.25, -0.2) is 14.4 Å². The van der Waals surface area contributed by atoms with Gasteiger partial charge in [-0.1, -0.05) is 159 Å². The van der Waals surface area contributed by atoms with E-state index in [4.69, 9.17) is 37.3 Å². The van der Waals surface area contributed by atoms with E-state index in [-0.39, 0.29) is 76.5 Å². The highest BCUT2D eigenvalue weighted by Crippen LogP contribution is 2.45. The molecule has 0 aromatic heterocycles. The number of cyclic esters (lactones) is 2. The molecule has 3 aliphatic rings. The van der Waals surface area contributed by atoms with Crippen LogP contribution in [-0.2, 0) is 56.5 Å². The molecule has 103 heavy (non-hydrogen) atoms. The number of benzene rings is 2. The first-order valence-corrected chi connectivity index (χ1v) is 43.5. The second kappa shape index (κ2) is 40.9. The Hall–Kier alpha value is -5.60. The van der Waals surface area contributed by atoms with Gasteiger partial charge in [-0.3, -0.25) is 24.5 Å². The molecule has 0 radical (unpaired) electrons. The second-order valence-electron chi connectivity index (χ2n) is 36.2. The first-order valence-electron chi connectivity index (χ1n) is 37.7. The molecule has 6 N–H and O–H groups in total. The van der Waals surface area contributed by atoms with E-state index >= 15 is 0 Å². The van der Waals surface area contributed by atoms with Crippen molar-refractivity contribution in [1.82, 2.24) is 21.3 Å². The third-order valence-corrected chi connectivity index (χ3v) is 27.9. The summed E-state index contributed by atoms with van der Waals surface area (Å²) in [5.74, 6) is -1.28. The van der Waals surface area contributed by atoms with Crippen molar-refractivity contribution >= 4 is 58.8 Å². The lowest BCUT2D eigenvalue weighted by molar-refractivity contribution is -0.143. The average Bonchev–Trinajstić information content (AvgIpc) is 1.62. The number of carboxylic acid groups (broad SMARTS) is 2.